The van der Waals surface area contributed by atoms with Crippen LogP contribution in [0.5, 0.6) is 0 Å². The van der Waals surface area contributed by atoms with Crippen molar-refractivity contribution in [3.05, 3.63) is 46.1 Å². The van der Waals surface area contributed by atoms with Gasteiger partial charge in [-0.15, -0.1) is 22.2 Å². The summed E-state index contributed by atoms with van der Waals surface area (Å²) in [5.41, 5.74) is 0.0155. The van der Waals surface area contributed by atoms with Gasteiger partial charge in [0.2, 0.25) is 0 Å². The molecule has 6 heteroatoms. The van der Waals surface area contributed by atoms with Crippen molar-refractivity contribution in [1.82, 2.24) is 0 Å². The fourth-order valence-corrected chi connectivity index (χ4v) is 1.77. The maximum atomic E-state index is 4.29. The van der Waals surface area contributed by atoms with Crippen molar-refractivity contribution in [2.24, 2.45) is 3.50 Å². The standard InChI is InChI=1S/2C10H20N2.C3H7N.W/c2*1-9(2,3)11-7-8-12-10(4,5)6;1-2-3-4;/h2*7-8H,1-6H3;2-3H2,1H3;/q2*-2;;/b2*8-7-;;. The second kappa shape index (κ2) is 15.9. The van der Waals surface area contributed by atoms with E-state index >= 15 is 0 Å². The molecular formula is C23H47N5W-4. The Morgan fingerprint density at radius 3 is 0.828 bits per heavy atom. The quantitative estimate of drug-likeness (QED) is 0.303. The summed E-state index contributed by atoms with van der Waals surface area (Å²) in [7, 11) is 0. The fourth-order valence-electron chi connectivity index (χ4n) is 1.12. The fraction of sp³-hybridized carbons (Fsp3) is 0.826. The summed E-state index contributed by atoms with van der Waals surface area (Å²) in [6, 6.07) is 0. The predicted molar refractivity (Wildman–Crippen MR) is 128 cm³/mol. The van der Waals surface area contributed by atoms with Gasteiger partial charge in [-0.2, -0.15) is 0 Å². The molecule has 0 heterocycles. The molecule has 0 aliphatic rings. The third kappa shape index (κ3) is 46.8. The maximum absolute atomic E-state index is 4.29. The second-order valence-corrected chi connectivity index (χ2v) is 11.6. The Labute approximate surface area is 194 Å². The van der Waals surface area contributed by atoms with Gasteiger partial charge in [0.1, 0.15) is 0 Å². The second-order valence-electron chi connectivity index (χ2n) is 10.6. The molecule has 174 valence electrons. The van der Waals surface area contributed by atoms with E-state index in [0.29, 0.717) is 0 Å². The van der Waals surface area contributed by atoms with Gasteiger partial charge in [0, 0.05) is 0 Å². The van der Waals surface area contributed by atoms with Crippen LogP contribution in [0.1, 0.15) is 96.4 Å². The molecule has 0 saturated carbocycles. The van der Waals surface area contributed by atoms with E-state index < -0.39 is 0 Å². The molecule has 5 nitrogen and oxygen atoms in total. The van der Waals surface area contributed by atoms with E-state index in [0.717, 1.165) is 6.54 Å². The molecule has 0 amide bonds. The van der Waals surface area contributed by atoms with Crippen LogP contribution in [0.3, 0.4) is 0 Å². The Kier molecular flexibility index (Phi) is 18.0. The van der Waals surface area contributed by atoms with Crippen LogP contribution in [-0.2, 0) is 19.6 Å². The summed E-state index contributed by atoms with van der Waals surface area (Å²) in [5, 5.41) is 17.1. The minimum absolute atomic E-state index is 0.00387. The molecule has 0 N–H and O–H groups in total. The molecule has 0 fully saturated rings. The van der Waals surface area contributed by atoms with Gasteiger partial charge < -0.3 is 21.3 Å². The summed E-state index contributed by atoms with van der Waals surface area (Å²) >= 11 is 1.35. The molecule has 0 saturated heterocycles. The predicted octanol–water partition coefficient (Wildman–Crippen LogP) is 8.73. The molecule has 0 unspecified atom stereocenters. The van der Waals surface area contributed by atoms with Gasteiger partial charge in [-0.05, 0) is 0 Å². The van der Waals surface area contributed by atoms with E-state index in [1.165, 1.54) is 26.1 Å². The zero-order chi connectivity index (χ0) is 23.8. The summed E-state index contributed by atoms with van der Waals surface area (Å²) in [5.74, 6) is 0. The van der Waals surface area contributed by atoms with Crippen molar-refractivity contribution >= 4 is 0 Å². The van der Waals surface area contributed by atoms with Crippen LogP contribution in [-0.4, -0.2) is 28.7 Å². The third-order valence-corrected chi connectivity index (χ3v) is 2.95. The molecule has 0 radical (unpaired) electrons. The first-order chi connectivity index (χ1) is 12.8. The van der Waals surface area contributed by atoms with Gasteiger partial charge in [-0.25, -0.2) is 24.8 Å². The van der Waals surface area contributed by atoms with Crippen LogP contribution in [0.15, 0.2) is 28.3 Å². The average Bonchev–Trinajstić information content (AvgIpc) is 2.47. The van der Waals surface area contributed by atoms with Gasteiger partial charge in [-0.1, -0.05) is 83.1 Å². The Morgan fingerprint density at radius 1 is 0.552 bits per heavy atom. The van der Waals surface area contributed by atoms with Gasteiger partial charge in [0.05, 0.1) is 0 Å². The summed E-state index contributed by atoms with van der Waals surface area (Å²) < 4.78 is 3.94. The molecule has 0 aromatic rings. The normalized spacial score (nSPS) is 12.4. The SMILES string of the molecule is CC(C)(C)[N-]/C=C\[N-]C(C)(C)C.CC(C)(C)[N-]/C=C\[N-]C(C)(C)C.CCC[N]=[W]. The number of hydrogen-bond donors (Lipinski definition) is 0. The van der Waals surface area contributed by atoms with Gasteiger partial charge >= 0.3 is 43.0 Å². The van der Waals surface area contributed by atoms with E-state index in [1.807, 2.05) is 0 Å². The molecule has 0 aromatic carbocycles. The van der Waals surface area contributed by atoms with Gasteiger partial charge in [0.15, 0.2) is 0 Å². The summed E-state index contributed by atoms with van der Waals surface area (Å²) in [6.07, 6.45) is 8.27. The van der Waals surface area contributed by atoms with Crippen LogP contribution in [0.4, 0.5) is 0 Å². The van der Waals surface area contributed by atoms with Crippen molar-refractivity contribution in [3.8, 4) is 0 Å². The van der Waals surface area contributed by atoms with Crippen molar-refractivity contribution in [3.63, 3.8) is 0 Å². The van der Waals surface area contributed by atoms with E-state index in [9.17, 15) is 0 Å². The van der Waals surface area contributed by atoms with Crippen molar-refractivity contribution in [1.29, 1.82) is 0 Å². The van der Waals surface area contributed by atoms with Crippen LogP contribution in [0.2, 0.25) is 0 Å². The molecule has 29 heavy (non-hydrogen) atoms. The van der Waals surface area contributed by atoms with Crippen LogP contribution in [0, 0.1) is 0 Å². The van der Waals surface area contributed by atoms with E-state index in [2.05, 4.69) is 115 Å². The Morgan fingerprint density at radius 2 is 0.759 bits per heavy atom. The molecule has 0 aliphatic carbocycles. The number of hydrogen-bond acceptors (Lipinski definition) is 1. The Bertz CT molecular complexity index is 370. The van der Waals surface area contributed by atoms with Gasteiger partial charge in [0.25, 0.3) is 0 Å². The summed E-state index contributed by atoms with van der Waals surface area (Å²) in [6.45, 7) is 27.9. The van der Waals surface area contributed by atoms with Crippen molar-refractivity contribution in [2.45, 2.75) is 119 Å². The molecule has 0 spiro atoms. The number of nitrogens with zero attached hydrogens (tertiary/aromatic N) is 5. The van der Waals surface area contributed by atoms with E-state index in [4.69, 9.17) is 0 Å². The topological polar surface area (TPSA) is 68.8 Å². The average molecular weight is 578 g/mol. The third-order valence-electron chi connectivity index (χ3n) is 2.30. The van der Waals surface area contributed by atoms with Crippen LogP contribution < -0.4 is 0 Å². The zero-order valence-electron chi connectivity index (χ0n) is 21.4. The van der Waals surface area contributed by atoms with Crippen molar-refractivity contribution < 1.29 is 19.6 Å². The Hall–Kier alpha value is -0.832. The van der Waals surface area contributed by atoms with Crippen LogP contribution in [0.25, 0.3) is 21.3 Å². The number of rotatable bonds is 6. The molecule has 0 aromatic heterocycles. The zero-order valence-corrected chi connectivity index (χ0v) is 24.3. The first-order valence-corrected chi connectivity index (χ1v) is 11.6. The molecule has 0 bridgehead atoms. The van der Waals surface area contributed by atoms with E-state index in [-0.39, 0.29) is 22.2 Å². The Balaban J connectivity index is -0.000000380. The monoisotopic (exact) mass is 577 g/mol. The first kappa shape index (κ1) is 32.8. The van der Waals surface area contributed by atoms with Gasteiger partial charge in [-0.3, -0.25) is 0 Å². The first-order valence-electron chi connectivity index (χ1n) is 10.3. The van der Waals surface area contributed by atoms with E-state index in [1.54, 1.807) is 24.8 Å². The minimum atomic E-state index is 0.00387. The molecule has 0 rings (SSSR count). The molecular weight excluding hydrogens is 530 g/mol. The van der Waals surface area contributed by atoms with Crippen LogP contribution >= 0.6 is 0 Å². The molecule has 0 aliphatic heterocycles. The van der Waals surface area contributed by atoms with Crippen molar-refractivity contribution in [2.75, 3.05) is 6.54 Å². The summed E-state index contributed by atoms with van der Waals surface area (Å²) in [4.78, 5) is 0. The molecule has 0 atom stereocenters.